The van der Waals surface area contributed by atoms with E-state index < -0.39 is 51.5 Å². The van der Waals surface area contributed by atoms with Gasteiger partial charge in [-0.1, -0.05) is 108 Å². The molecular formula is C36H59N5O7S2. The lowest BCUT2D eigenvalue weighted by Gasteiger charge is -2.33. The van der Waals surface area contributed by atoms with E-state index in [1.807, 2.05) is 19.9 Å². The monoisotopic (exact) mass is 737 g/mol. The third kappa shape index (κ3) is 13.9. The van der Waals surface area contributed by atoms with Crippen LogP contribution in [0.5, 0.6) is 0 Å². The van der Waals surface area contributed by atoms with Crippen LogP contribution in [-0.2, 0) is 35.8 Å². The van der Waals surface area contributed by atoms with Gasteiger partial charge in [0.05, 0.1) is 25.4 Å². The van der Waals surface area contributed by atoms with Crippen LogP contribution in [0.15, 0.2) is 42.3 Å². The summed E-state index contributed by atoms with van der Waals surface area (Å²) in [6.45, 7) is 11.1. The van der Waals surface area contributed by atoms with Gasteiger partial charge in [0.25, 0.3) is 16.1 Å². The molecule has 14 heteroatoms. The van der Waals surface area contributed by atoms with Crippen molar-refractivity contribution in [1.82, 2.24) is 25.0 Å². The second-order valence-electron chi connectivity index (χ2n) is 13.7. The number of amides is 3. The number of nitrogens with zero attached hydrogens (tertiary/aromatic N) is 1. The van der Waals surface area contributed by atoms with E-state index in [-0.39, 0.29) is 51.0 Å². The number of carbonyl (C=O) groups excluding carboxylic acids is 3. The summed E-state index contributed by atoms with van der Waals surface area (Å²) in [5.74, 6) is -1.47. The minimum atomic E-state index is -4.05. The van der Waals surface area contributed by atoms with Gasteiger partial charge in [0.2, 0.25) is 11.8 Å². The first-order chi connectivity index (χ1) is 23.9. The van der Waals surface area contributed by atoms with E-state index in [1.165, 1.54) is 9.71 Å². The van der Waals surface area contributed by atoms with Crippen LogP contribution in [0.2, 0.25) is 0 Å². The van der Waals surface area contributed by atoms with Gasteiger partial charge >= 0.3 is 0 Å². The highest BCUT2D eigenvalue weighted by molar-refractivity contribution is 8.03. The standard InChI is InChI=1S/C36H59N5O7S2/c1-5-7-18-37-33(43)29(26(3)4)25-32(42)30(23-27-14-10-8-11-15-27)38-35(45)36(49-6-2)39-34(44)31(24-28-16-12-9-13-17-28)40-50(46,47)41-19-21-48-22-20-41/h6,9,12-13,16-17,26-27,29-32,36,40,42H,2,5,7-8,10-11,14-15,18-25H2,1,3-4H3,(H,37,43)(H,38,45)(H,39,44)/t29-,30-,31-,32-,36?/m0/s1. The van der Waals surface area contributed by atoms with Crippen LogP contribution >= 0.6 is 11.8 Å². The lowest BCUT2D eigenvalue weighted by atomic mass is 9.81. The molecule has 50 heavy (non-hydrogen) atoms. The van der Waals surface area contributed by atoms with Gasteiger partial charge in [-0.25, -0.2) is 0 Å². The number of morpholine rings is 1. The van der Waals surface area contributed by atoms with Crippen LogP contribution in [0.25, 0.3) is 0 Å². The highest BCUT2D eigenvalue weighted by Crippen LogP contribution is 2.30. The number of hydrogen-bond acceptors (Lipinski definition) is 8. The average molecular weight is 738 g/mol. The Hall–Kier alpha value is -2.49. The molecule has 3 rings (SSSR count). The van der Waals surface area contributed by atoms with Crippen molar-refractivity contribution in [3.8, 4) is 0 Å². The molecule has 0 bridgehead atoms. The Balaban J connectivity index is 1.80. The summed E-state index contributed by atoms with van der Waals surface area (Å²) in [5, 5.41) is 20.7. The fourth-order valence-corrected chi connectivity index (χ4v) is 8.44. The molecule has 1 aromatic rings. The maximum Gasteiger partial charge on any atom is 0.280 e. The van der Waals surface area contributed by atoms with Gasteiger partial charge in [-0.05, 0) is 48.5 Å². The van der Waals surface area contributed by atoms with E-state index in [4.69, 9.17) is 4.74 Å². The Bertz CT molecular complexity index is 1300. The Labute approximate surface area is 303 Å². The zero-order valence-corrected chi connectivity index (χ0v) is 31.6. The van der Waals surface area contributed by atoms with Crippen molar-refractivity contribution in [2.24, 2.45) is 17.8 Å². The summed E-state index contributed by atoms with van der Waals surface area (Å²) in [7, 11) is -4.05. The molecule has 3 amide bonds. The van der Waals surface area contributed by atoms with Crippen LogP contribution < -0.4 is 20.7 Å². The molecular weight excluding hydrogens is 679 g/mol. The molecule has 1 unspecified atom stereocenters. The van der Waals surface area contributed by atoms with Gasteiger partial charge in [0, 0.05) is 25.6 Å². The summed E-state index contributed by atoms with van der Waals surface area (Å²) < 4.78 is 35.8. The van der Waals surface area contributed by atoms with Gasteiger partial charge < -0.3 is 25.8 Å². The molecule has 1 saturated heterocycles. The normalized spacial score (nSPS) is 19.1. The number of nitrogens with one attached hydrogen (secondary N) is 4. The summed E-state index contributed by atoms with van der Waals surface area (Å²) in [5.41, 5.74) is 0.740. The molecule has 1 saturated carbocycles. The molecule has 1 aromatic carbocycles. The van der Waals surface area contributed by atoms with Crippen molar-refractivity contribution in [2.45, 2.75) is 109 Å². The summed E-state index contributed by atoms with van der Waals surface area (Å²) in [6.07, 6.45) is 6.94. The van der Waals surface area contributed by atoms with Crippen molar-refractivity contribution in [1.29, 1.82) is 0 Å². The van der Waals surface area contributed by atoms with E-state index in [0.717, 1.165) is 62.3 Å². The SMILES string of the molecule is C=CSC(NC(=O)[C@H](Cc1ccccc1)NS(=O)(=O)N1CCOCC1)C(=O)N[C@@H](CC1CCCCC1)[C@@H](O)C[C@H](C(=O)NCCCC)C(C)C. The van der Waals surface area contributed by atoms with Crippen molar-refractivity contribution in [3.05, 3.63) is 47.9 Å². The van der Waals surface area contributed by atoms with Gasteiger partial charge in [0.1, 0.15) is 6.04 Å². The molecule has 1 aliphatic carbocycles. The van der Waals surface area contributed by atoms with E-state index >= 15 is 0 Å². The summed E-state index contributed by atoms with van der Waals surface area (Å²) in [4.78, 5) is 40.9. The smallest absolute Gasteiger partial charge is 0.280 e. The molecule has 5 atom stereocenters. The number of rotatable bonds is 21. The van der Waals surface area contributed by atoms with Crippen molar-refractivity contribution in [2.75, 3.05) is 32.8 Å². The van der Waals surface area contributed by atoms with Crippen molar-refractivity contribution < 1.29 is 32.6 Å². The van der Waals surface area contributed by atoms with E-state index in [9.17, 15) is 27.9 Å². The molecule has 1 heterocycles. The first kappa shape index (κ1) is 41.9. The third-order valence-electron chi connectivity index (χ3n) is 9.51. The highest BCUT2D eigenvalue weighted by Gasteiger charge is 2.35. The number of carbonyl (C=O) groups is 3. The topological polar surface area (TPSA) is 166 Å². The van der Waals surface area contributed by atoms with E-state index in [0.29, 0.717) is 18.9 Å². The largest absolute Gasteiger partial charge is 0.391 e. The lowest BCUT2D eigenvalue weighted by molar-refractivity contribution is -0.129. The molecule has 0 spiro atoms. The number of aliphatic hydroxyl groups excluding tert-OH is 1. The Morgan fingerprint density at radius 3 is 2.34 bits per heavy atom. The maximum atomic E-state index is 13.9. The Morgan fingerprint density at radius 2 is 1.72 bits per heavy atom. The number of unbranched alkanes of at least 4 members (excludes halogenated alkanes) is 1. The maximum absolute atomic E-state index is 13.9. The van der Waals surface area contributed by atoms with Gasteiger partial charge in [0.15, 0.2) is 5.37 Å². The molecule has 2 aliphatic rings. The number of thioether (sulfide) groups is 1. The minimum absolute atomic E-state index is 0.0246. The predicted octanol–water partition coefficient (Wildman–Crippen LogP) is 3.48. The van der Waals surface area contributed by atoms with E-state index in [2.05, 4.69) is 34.2 Å². The molecule has 282 valence electrons. The number of benzene rings is 1. The molecule has 0 radical (unpaired) electrons. The summed E-state index contributed by atoms with van der Waals surface area (Å²) >= 11 is 0.987. The Kier molecular flexibility index (Phi) is 18.3. The van der Waals surface area contributed by atoms with Crippen LogP contribution in [0.1, 0.15) is 84.1 Å². The quantitative estimate of drug-likeness (QED) is 0.0946. The molecule has 1 aliphatic heterocycles. The van der Waals surface area contributed by atoms with Crippen LogP contribution in [0, 0.1) is 17.8 Å². The van der Waals surface area contributed by atoms with E-state index in [1.54, 1.807) is 24.3 Å². The third-order valence-corrected chi connectivity index (χ3v) is 11.9. The fourth-order valence-electron chi connectivity index (χ4n) is 6.54. The number of ether oxygens (including phenoxy) is 1. The fraction of sp³-hybridized carbons (Fsp3) is 0.694. The first-order valence-corrected chi connectivity index (χ1v) is 20.5. The lowest BCUT2D eigenvalue weighted by Crippen LogP contribution is -2.57. The molecule has 0 aromatic heterocycles. The predicted molar refractivity (Wildman–Crippen MR) is 198 cm³/mol. The van der Waals surface area contributed by atoms with Gasteiger partial charge in [-0.15, -0.1) is 0 Å². The molecule has 2 fully saturated rings. The first-order valence-electron chi connectivity index (χ1n) is 18.2. The number of hydrogen-bond donors (Lipinski definition) is 5. The minimum Gasteiger partial charge on any atom is -0.391 e. The Morgan fingerprint density at radius 1 is 1.04 bits per heavy atom. The zero-order chi connectivity index (χ0) is 36.5. The van der Waals surface area contributed by atoms with Crippen molar-refractivity contribution >= 4 is 39.7 Å². The van der Waals surface area contributed by atoms with Crippen molar-refractivity contribution in [3.63, 3.8) is 0 Å². The summed E-state index contributed by atoms with van der Waals surface area (Å²) in [6, 6.07) is 7.18. The van der Waals surface area contributed by atoms with Crippen LogP contribution in [0.3, 0.4) is 0 Å². The van der Waals surface area contributed by atoms with Gasteiger partial charge in [-0.3, -0.25) is 14.4 Å². The van der Waals surface area contributed by atoms with Crippen LogP contribution in [-0.4, -0.2) is 92.0 Å². The molecule has 12 nitrogen and oxygen atoms in total. The number of aliphatic hydroxyl groups is 1. The average Bonchev–Trinajstić information content (AvgIpc) is 3.10. The van der Waals surface area contributed by atoms with Crippen LogP contribution in [0.4, 0.5) is 0 Å². The molecule has 5 N–H and O–H groups in total. The second kappa shape index (κ2) is 21.8. The highest BCUT2D eigenvalue weighted by atomic mass is 32.2. The van der Waals surface area contributed by atoms with Gasteiger partial charge in [-0.2, -0.15) is 17.4 Å². The second-order valence-corrected chi connectivity index (χ2v) is 16.5. The zero-order valence-electron chi connectivity index (χ0n) is 30.0.